The van der Waals surface area contributed by atoms with Gasteiger partial charge in [-0.15, -0.1) is 0 Å². The number of allylic oxidation sites excluding steroid dienone is 2. The van der Waals surface area contributed by atoms with Crippen LogP contribution in [0.5, 0.6) is 0 Å². The predicted molar refractivity (Wildman–Crippen MR) is 119 cm³/mol. The number of nitrogens with one attached hydrogen (secondary N) is 1. The van der Waals surface area contributed by atoms with Crippen LogP contribution in [-0.4, -0.2) is 12.9 Å². The molecule has 2 aliphatic carbocycles. The Morgan fingerprint density at radius 1 is 0.800 bits per heavy atom. The van der Waals surface area contributed by atoms with Crippen LogP contribution in [0.2, 0.25) is 10.0 Å². The number of halogens is 2. The molecule has 1 aliphatic heterocycles. The first-order valence-electron chi connectivity index (χ1n) is 10.5. The van der Waals surface area contributed by atoms with Crippen molar-refractivity contribution in [2.75, 3.05) is 7.11 Å². The van der Waals surface area contributed by atoms with E-state index in [-0.39, 0.29) is 41.5 Å². The van der Waals surface area contributed by atoms with E-state index in [9.17, 15) is 4.79 Å². The van der Waals surface area contributed by atoms with Crippen molar-refractivity contribution in [3.8, 4) is 0 Å². The number of ether oxygens (including phenoxy) is 1. The zero-order valence-corrected chi connectivity index (χ0v) is 18.7. The molecule has 3 aliphatic rings. The first kappa shape index (κ1) is 20.0. The average molecular weight is 442 g/mol. The van der Waals surface area contributed by atoms with E-state index in [0.717, 1.165) is 22.0 Å². The van der Waals surface area contributed by atoms with E-state index in [0.29, 0.717) is 10.8 Å². The minimum Gasteiger partial charge on any atom is -0.498 e. The summed E-state index contributed by atoms with van der Waals surface area (Å²) in [5.74, 6) is 1.62. The molecule has 2 bridgehead atoms. The number of carbonyl (C=O) groups is 1. The summed E-state index contributed by atoms with van der Waals surface area (Å²) < 4.78 is 5.93. The number of fused-ring (bicyclic) bond motifs is 4. The molecule has 5 unspecified atom stereocenters. The molecule has 2 aromatic rings. The van der Waals surface area contributed by atoms with E-state index in [1.807, 2.05) is 24.3 Å². The highest BCUT2D eigenvalue weighted by molar-refractivity contribution is 6.30. The lowest BCUT2D eigenvalue weighted by molar-refractivity contribution is -0.126. The molecule has 3 nitrogen and oxygen atoms in total. The van der Waals surface area contributed by atoms with Crippen LogP contribution < -0.4 is 5.32 Å². The second-order valence-electron chi connectivity index (χ2n) is 8.88. The smallest absolute Gasteiger partial charge is 0.148 e. The highest BCUT2D eigenvalue weighted by Crippen LogP contribution is 2.60. The van der Waals surface area contributed by atoms with Crippen molar-refractivity contribution in [1.82, 2.24) is 5.32 Å². The fraction of sp³-hybridized carbons (Fsp3) is 0.400. The zero-order valence-electron chi connectivity index (χ0n) is 17.2. The Hall–Kier alpha value is -1.97. The normalized spacial score (nSPS) is 34.7. The highest BCUT2D eigenvalue weighted by atomic mass is 35.5. The molecule has 5 heteroatoms. The molecule has 1 saturated carbocycles. The van der Waals surface area contributed by atoms with Gasteiger partial charge >= 0.3 is 0 Å². The third-order valence-corrected chi connectivity index (χ3v) is 8.01. The van der Waals surface area contributed by atoms with Crippen molar-refractivity contribution in [3.63, 3.8) is 0 Å². The van der Waals surface area contributed by atoms with E-state index in [1.165, 1.54) is 5.56 Å². The molecule has 1 N–H and O–H groups in total. The van der Waals surface area contributed by atoms with E-state index in [4.69, 9.17) is 27.9 Å². The Morgan fingerprint density at radius 2 is 1.37 bits per heavy atom. The minimum absolute atomic E-state index is 0.00983. The lowest BCUT2D eigenvalue weighted by Crippen LogP contribution is -2.35. The molecule has 2 aromatic carbocycles. The summed E-state index contributed by atoms with van der Waals surface area (Å²) in [5.41, 5.74) is 3.46. The van der Waals surface area contributed by atoms with Crippen LogP contribution >= 0.6 is 23.2 Å². The number of methoxy groups -OCH3 is 1. The number of rotatable bonds is 3. The van der Waals surface area contributed by atoms with Gasteiger partial charge in [0.2, 0.25) is 0 Å². The van der Waals surface area contributed by atoms with E-state index in [2.05, 4.69) is 43.4 Å². The van der Waals surface area contributed by atoms with Crippen LogP contribution in [0, 0.1) is 29.6 Å². The van der Waals surface area contributed by atoms with Crippen molar-refractivity contribution >= 4 is 29.0 Å². The van der Waals surface area contributed by atoms with Gasteiger partial charge in [0.25, 0.3) is 0 Å². The van der Waals surface area contributed by atoms with Crippen LogP contribution in [0.4, 0.5) is 0 Å². The zero-order chi connectivity index (χ0) is 21.2. The molecule has 0 aromatic heterocycles. The van der Waals surface area contributed by atoms with Crippen LogP contribution in [0.15, 0.2) is 60.0 Å². The number of Topliss-reactive ketones (excluding diaryl/α,β-unsaturated/α-hetero) is 1. The molecule has 156 valence electrons. The summed E-state index contributed by atoms with van der Waals surface area (Å²) in [6.45, 7) is 4.47. The molecule has 0 amide bonds. The molecular formula is C25H25Cl2NO2. The number of ketones is 1. The molecule has 1 heterocycles. The van der Waals surface area contributed by atoms with Crippen LogP contribution in [0.3, 0.4) is 0 Å². The first-order valence-corrected chi connectivity index (χ1v) is 11.3. The SMILES string of the molecule is COC1=C2N[C@@H](c3ccc(Cl)cc3)[C@H](C)C2C2C(=O)C1C(c1ccc(Cl)cc1)C2C. The summed E-state index contributed by atoms with van der Waals surface area (Å²) >= 11 is 12.2. The van der Waals surface area contributed by atoms with Gasteiger partial charge in [-0.1, -0.05) is 61.3 Å². The quantitative estimate of drug-likeness (QED) is 0.634. The average Bonchev–Trinajstić information content (AvgIpc) is 3.15. The summed E-state index contributed by atoms with van der Waals surface area (Å²) in [6, 6.07) is 16.1. The van der Waals surface area contributed by atoms with Crippen LogP contribution in [0.1, 0.15) is 36.9 Å². The Kier molecular flexibility index (Phi) is 4.87. The van der Waals surface area contributed by atoms with Gasteiger partial charge in [0, 0.05) is 27.8 Å². The highest BCUT2D eigenvalue weighted by Gasteiger charge is 2.61. The fourth-order valence-corrected chi connectivity index (χ4v) is 6.47. The number of carbonyl (C=O) groups excluding carboxylic acids is 1. The van der Waals surface area contributed by atoms with E-state index in [1.54, 1.807) is 7.11 Å². The first-order chi connectivity index (χ1) is 14.4. The maximum atomic E-state index is 13.6. The van der Waals surface area contributed by atoms with E-state index >= 15 is 0 Å². The number of hydrogen-bond acceptors (Lipinski definition) is 3. The van der Waals surface area contributed by atoms with Crippen molar-refractivity contribution in [1.29, 1.82) is 0 Å². The Balaban J connectivity index is 1.59. The van der Waals surface area contributed by atoms with Gasteiger partial charge < -0.3 is 10.1 Å². The maximum absolute atomic E-state index is 13.6. The summed E-state index contributed by atoms with van der Waals surface area (Å²) in [6.07, 6.45) is 0. The van der Waals surface area contributed by atoms with E-state index < -0.39 is 0 Å². The molecule has 2 fully saturated rings. The van der Waals surface area contributed by atoms with Crippen LogP contribution in [0.25, 0.3) is 0 Å². The minimum atomic E-state index is -0.244. The summed E-state index contributed by atoms with van der Waals surface area (Å²) in [4.78, 5) is 13.6. The van der Waals surface area contributed by atoms with Gasteiger partial charge in [0.15, 0.2) is 0 Å². The topological polar surface area (TPSA) is 38.3 Å². The van der Waals surface area contributed by atoms with Crippen LogP contribution in [-0.2, 0) is 9.53 Å². The maximum Gasteiger partial charge on any atom is 0.148 e. The largest absolute Gasteiger partial charge is 0.498 e. The Morgan fingerprint density at radius 3 is 1.93 bits per heavy atom. The molecule has 7 atom stereocenters. The molecule has 30 heavy (non-hydrogen) atoms. The molecule has 5 rings (SSSR count). The lowest BCUT2D eigenvalue weighted by atomic mass is 9.72. The predicted octanol–water partition coefficient (Wildman–Crippen LogP) is 6.00. The third kappa shape index (κ3) is 2.82. The summed E-state index contributed by atoms with van der Waals surface area (Å²) in [5, 5.41) is 5.18. The van der Waals surface area contributed by atoms with Crippen molar-refractivity contribution < 1.29 is 9.53 Å². The summed E-state index contributed by atoms with van der Waals surface area (Å²) in [7, 11) is 1.69. The lowest BCUT2D eigenvalue weighted by Gasteiger charge is -2.30. The van der Waals surface area contributed by atoms with Crippen molar-refractivity contribution in [3.05, 3.63) is 81.2 Å². The standard InChI is InChI=1S/C25H25Cl2NO2/c1-12-18(14-4-8-16(26)9-5-14)21-24(29)20(12)19-13(2)22(28-23(19)25(21)30-3)15-6-10-17(27)11-7-15/h4-13,18-22,28H,1-3H3/t12?,13-,18?,19?,20?,21?,22-/m1/s1. The molecule has 0 spiro atoms. The number of benzene rings is 2. The Labute approximate surface area is 187 Å². The monoisotopic (exact) mass is 441 g/mol. The van der Waals surface area contributed by atoms with Gasteiger partial charge in [-0.05, 0) is 47.2 Å². The third-order valence-electron chi connectivity index (χ3n) is 7.50. The second kappa shape index (κ2) is 7.32. The fourth-order valence-electron chi connectivity index (χ4n) is 6.22. The van der Waals surface area contributed by atoms with Gasteiger partial charge in [-0.25, -0.2) is 0 Å². The molecular weight excluding hydrogens is 417 g/mol. The van der Waals surface area contributed by atoms with Gasteiger partial charge in [0.1, 0.15) is 11.5 Å². The Bertz CT molecular complexity index is 1010. The van der Waals surface area contributed by atoms with Gasteiger partial charge in [-0.3, -0.25) is 4.79 Å². The second-order valence-corrected chi connectivity index (χ2v) is 9.76. The van der Waals surface area contributed by atoms with Crippen molar-refractivity contribution in [2.45, 2.75) is 25.8 Å². The van der Waals surface area contributed by atoms with Crippen molar-refractivity contribution in [2.24, 2.45) is 29.6 Å². The number of hydrogen-bond donors (Lipinski definition) is 1. The van der Waals surface area contributed by atoms with Gasteiger partial charge in [0.05, 0.1) is 24.8 Å². The van der Waals surface area contributed by atoms with Gasteiger partial charge in [-0.2, -0.15) is 0 Å². The molecule has 0 radical (unpaired) electrons. The molecule has 1 saturated heterocycles.